The first-order chi connectivity index (χ1) is 10.3. The van der Waals surface area contributed by atoms with E-state index in [1.807, 2.05) is 18.2 Å². The lowest BCUT2D eigenvalue weighted by atomic mass is 10.1. The molecule has 2 fully saturated rings. The Balaban J connectivity index is 1.50. The molecule has 112 valence electrons. The number of hydrogen-bond donors (Lipinski definition) is 1. The monoisotopic (exact) mass is 302 g/mol. The van der Waals surface area contributed by atoms with E-state index in [1.54, 1.807) is 11.3 Å². The lowest BCUT2D eigenvalue weighted by Gasteiger charge is -2.32. The third-order valence-electron chi connectivity index (χ3n) is 4.74. The van der Waals surface area contributed by atoms with Crippen molar-refractivity contribution in [3.8, 4) is 0 Å². The van der Waals surface area contributed by atoms with Crippen molar-refractivity contribution in [3.05, 3.63) is 18.2 Å². The van der Waals surface area contributed by atoms with Crippen LogP contribution in [-0.4, -0.2) is 42.1 Å². The summed E-state index contributed by atoms with van der Waals surface area (Å²) in [5, 5.41) is 1.16. The van der Waals surface area contributed by atoms with Gasteiger partial charge in [-0.1, -0.05) is 17.8 Å². The Morgan fingerprint density at radius 1 is 1.14 bits per heavy atom. The molecule has 2 aliphatic heterocycles. The van der Waals surface area contributed by atoms with Crippen LogP contribution < -0.4 is 10.6 Å². The molecule has 0 bridgehead atoms. The summed E-state index contributed by atoms with van der Waals surface area (Å²) < 4.78 is 1.20. The summed E-state index contributed by atoms with van der Waals surface area (Å²) in [6.07, 6.45) is 5.43. The van der Waals surface area contributed by atoms with Gasteiger partial charge in [-0.3, -0.25) is 4.90 Å². The lowest BCUT2D eigenvalue weighted by molar-refractivity contribution is 0.175. The highest BCUT2D eigenvalue weighted by molar-refractivity contribution is 7.22. The van der Waals surface area contributed by atoms with Gasteiger partial charge in [0.05, 0.1) is 10.2 Å². The molecule has 2 aromatic rings. The summed E-state index contributed by atoms with van der Waals surface area (Å²) in [5.41, 5.74) is 7.76. The topological polar surface area (TPSA) is 45.4 Å². The van der Waals surface area contributed by atoms with Gasteiger partial charge in [-0.25, -0.2) is 4.98 Å². The number of thiazole rings is 1. The molecule has 2 aliphatic rings. The van der Waals surface area contributed by atoms with Crippen LogP contribution >= 0.6 is 11.3 Å². The predicted molar refractivity (Wildman–Crippen MR) is 90.1 cm³/mol. The Morgan fingerprint density at radius 2 is 2.00 bits per heavy atom. The minimum absolute atomic E-state index is 0.724. The Morgan fingerprint density at radius 3 is 2.86 bits per heavy atom. The number of benzene rings is 1. The molecule has 4 nitrogen and oxygen atoms in total. The molecule has 2 N–H and O–H groups in total. The molecule has 5 heteroatoms. The zero-order valence-electron chi connectivity index (χ0n) is 12.3. The fraction of sp³-hybridized carbons (Fsp3) is 0.562. The number of piperidine rings is 1. The number of rotatable bonds is 2. The van der Waals surface area contributed by atoms with Gasteiger partial charge in [0.1, 0.15) is 0 Å². The van der Waals surface area contributed by atoms with Crippen molar-refractivity contribution in [3.63, 3.8) is 0 Å². The van der Waals surface area contributed by atoms with Gasteiger partial charge in [0.25, 0.3) is 0 Å². The molecule has 0 amide bonds. The van der Waals surface area contributed by atoms with Gasteiger partial charge < -0.3 is 10.6 Å². The van der Waals surface area contributed by atoms with Gasteiger partial charge in [0.15, 0.2) is 5.13 Å². The molecule has 1 atom stereocenters. The number of aromatic nitrogens is 1. The van der Waals surface area contributed by atoms with E-state index in [1.165, 1.54) is 43.5 Å². The van der Waals surface area contributed by atoms with Crippen molar-refractivity contribution in [2.75, 3.05) is 36.8 Å². The standard InChI is InChI=1S/C16H22N4S/c17-12-4-5-14-15(10-12)21-16(18-14)20-9-6-13(11-20)19-7-2-1-3-8-19/h4-5,10,13H,1-3,6-9,11,17H2. The first-order valence-electron chi connectivity index (χ1n) is 7.95. The quantitative estimate of drug-likeness (QED) is 0.866. The number of likely N-dealkylation sites (tertiary alicyclic amines) is 1. The molecular weight excluding hydrogens is 280 g/mol. The van der Waals surface area contributed by atoms with E-state index in [-0.39, 0.29) is 0 Å². The van der Waals surface area contributed by atoms with Gasteiger partial charge in [-0.15, -0.1) is 0 Å². The average molecular weight is 302 g/mol. The molecule has 2 saturated heterocycles. The van der Waals surface area contributed by atoms with E-state index in [2.05, 4.69) is 9.80 Å². The highest BCUT2D eigenvalue weighted by Crippen LogP contribution is 2.33. The normalized spacial score (nSPS) is 24.0. The van der Waals surface area contributed by atoms with E-state index >= 15 is 0 Å². The Labute approximate surface area is 129 Å². The van der Waals surface area contributed by atoms with E-state index in [0.29, 0.717) is 0 Å². The van der Waals surface area contributed by atoms with Crippen molar-refractivity contribution in [2.45, 2.75) is 31.7 Å². The average Bonchev–Trinajstić information content (AvgIpc) is 3.14. The highest BCUT2D eigenvalue weighted by Gasteiger charge is 2.29. The van der Waals surface area contributed by atoms with E-state index in [9.17, 15) is 0 Å². The fourth-order valence-electron chi connectivity index (χ4n) is 3.56. The van der Waals surface area contributed by atoms with Crippen molar-refractivity contribution in [1.29, 1.82) is 0 Å². The zero-order valence-corrected chi connectivity index (χ0v) is 13.1. The van der Waals surface area contributed by atoms with Crippen LogP contribution in [0.2, 0.25) is 0 Å². The number of nitrogen functional groups attached to an aromatic ring is 1. The Hall–Kier alpha value is -1.33. The second-order valence-corrected chi connectivity index (χ2v) is 7.22. The summed E-state index contributed by atoms with van der Waals surface area (Å²) in [7, 11) is 0. The highest BCUT2D eigenvalue weighted by atomic mass is 32.1. The summed E-state index contributed by atoms with van der Waals surface area (Å²) >= 11 is 1.77. The first-order valence-corrected chi connectivity index (χ1v) is 8.76. The molecule has 0 aliphatic carbocycles. The van der Waals surface area contributed by atoms with Crippen LogP contribution in [0.3, 0.4) is 0 Å². The van der Waals surface area contributed by atoms with E-state index in [4.69, 9.17) is 10.7 Å². The Kier molecular flexibility index (Phi) is 3.47. The number of nitrogens with two attached hydrogens (primary N) is 1. The zero-order chi connectivity index (χ0) is 14.2. The summed E-state index contributed by atoms with van der Waals surface area (Å²) in [4.78, 5) is 9.93. The lowest BCUT2D eigenvalue weighted by Crippen LogP contribution is -2.40. The molecule has 1 aromatic heterocycles. The van der Waals surface area contributed by atoms with Gasteiger partial charge in [0, 0.05) is 24.8 Å². The van der Waals surface area contributed by atoms with Crippen LogP contribution in [0, 0.1) is 0 Å². The number of hydrogen-bond acceptors (Lipinski definition) is 5. The third-order valence-corrected chi connectivity index (χ3v) is 5.82. The maximum Gasteiger partial charge on any atom is 0.186 e. The van der Waals surface area contributed by atoms with E-state index < -0.39 is 0 Å². The Bertz CT molecular complexity index is 632. The molecule has 1 unspecified atom stereocenters. The molecule has 0 radical (unpaired) electrons. The summed E-state index contributed by atoms with van der Waals surface area (Å²) in [6.45, 7) is 4.84. The maximum atomic E-state index is 5.86. The number of fused-ring (bicyclic) bond motifs is 1. The first kappa shape index (κ1) is 13.3. The van der Waals surface area contributed by atoms with Crippen molar-refractivity contribution in [2.24, 2.45) is 0 Å². The van der Waals surface area contributed by atoms with Gasteiger partial charge in [0.2, 0.25) is 0 Å². The van der Waals surface area contributed by atoms with Gasteiger partial charge >= 0.3 is 0 Å². The molecule has 21 heavy (non-hydrogen) atoms. The number of nitrogens with zero attached hydrogens (tertiary/aromatic N) is 3. The van der Waals surface area contributed by atoms with Crippen molar-refractivity contribution in [1.82, 2.24) is 9.88 Å². The molecule has 0 saturated carbocycles. The van der Waals surface area contributed by atoms with Crippen LogP contribution in [0.25, 0.3) is 10.2 Å². The van der Waals surface area contributed by atoms with Crippen LogP contribution in [0.5, 0.6) is 0 Å². The largest absolute Gasteiger partial charge is 0.399 e. The maximum absolute atomic E-state index is 5.86. The molecule has 4 rings (SSSR count). The van der Waals surface area contributed by atoms with Crippen LogP contribution in [0.4, 0.5) is 10.8 Å². The number of anilines is 2. The predicted octanol–water partition coefficient (Wildman–Crippen LogP) is 2.94. The van der Waals surface area contributed by atoms with Gasteiger partial charge in [-0.05, 0) is 50.6 Å². The molecule has 1 aromatic carbocycles. The summed E-state index contributed by atoms with van der Waals surface area (Å²) in [5.74, 6) is 0. The van der Waals surface area contributed by atoms with Crippen LogP contribution in [-0.2, 0) is 0 Å². The second kappa shape index (κ2) is 5.46. The molecule has 3 heterocycles. The van der Waals surface area contributed by atoms with Gasteiger partial charge in [-0.2, -0.15) is 0 Å². The van der Waals surface area contributed by atoms with E-state index in [0.717, 1.165) is 35.5 Å². The van der Waals surface area contributed by atoms with Crippen molar-refractivity contribution < 1.29 is 0 Å². The molecular formula is C16H22N4S. The molecule has 0 spiro atoms. The fourth-order valence-corrected chi connectivity index (χ4v) is 4.61. The minimum atomic E-state index is 0.724. The second-order valence-electron chi connectivity index (χ2n) is 6.21. The minimum Gasteiger partial charge on any atom is -0.399 e. The van der Waals surface area contributed by atoms with Crippen LogP contribution in [0.15, 0.2) is 18.2 Å². The van der Waals surface area contributed by atoms with Crippen molar-refractivity contribution >= 4 is 32.4 Å². The SMILES string of the molecule is Nc1ccc2nc(N3CCC(N4CCCCC4)C3)sc2c1. The smallest absolute Gasteiger partial charge is 0.186 e. The van der Waals surface area contributed by atoms with Crippen LogP contribution in [0.1, 0.15) is 25.7 Å². The third kappa shape index (κ3) is 2.60. The summed E-state index contributed by atoms with van der Waals surface area (Å²) in [6, 6.07) is 6.73.